The summed E-state index contributed by atoms with van der Waals surface area (Å²) in [5.74, 6) is 6.25. The fourth-order valence-corrected chi connectivity index (χ4v) is 2.26. The summed E-state index contributed by atoms with van der Waals surface area (Å²) in [4.78, 5) is 16.5. The lowest BCUT2D eigenvalue weighted by Crippen LogP contribution is -2.29. The highest BCUT2D eigenvalue weighted by Crippen LogP contribution is 2.13. The lowest BCUT2D eigenvalue weighted by molar-refractivity contribution is 0.0945. The number of nitrogen functional groups attached to an aromatic ring is 1. The fourth-order valence-electron chi connectivity index (χ4n) is 2.26. The Balaban J connectivity index is 2.01. The van der Waals surface area contributed by atoms with Crippen LogP contribution in [0, 0.1) is 5.92 Å². The SMILES string of the molecule is CCCc1cc(C(=O)NCC2CCOC2)cc(NN)n1. The Kier molecular flexibility index (Phi) is 5.31. The molecule has 4 N–H and O–H groups in total. The van der Waals surface area contributed by atoms with Gasteiger partial charge >= 0.3 is 0 Å². The van der Waals surface area contributed by atoms with Crippen molar-refractivity contribution in [2.75, 3.05) is 25.2 Å². The number of hydrogen-bond acceptors (Lipinski definition) is 5. The van der Waals surface area contributed by atoms with Gasteiger partial charge in [0, 0.05) is 30.3 Å². The summed E-state index contributed by atoms with van der Waals surface area (Å²) in [6.45, 7) is 4.24. The van der Waals surface area contributed by atoms with Crippen LogP contribution in [0.1, 0.15) is 35.8 Å². The maximum Gasteiger partial charge on any atom is 0.251 e. The number of nitrogens with one attached hydrogen (secondary N) is 2. The minimum absolute atomic E-state index is 0.0897. The molecule has 1 aliphatic rings. The van der Waals surface area contributed by atoms with Crippen LogP contribution in [0.15, 0.2) is 12.1 Å². The first-order valence-electron chi connectivity index (χ1n) is 7.06. The van der Waals surface area contributed by atoms with Crippen molar-refractivity contribution in [1.29, 1.82) is 0 Å². The lowest BCUT2D eigenvalue weighted by atomic mass is 10.1. The van der Waals surface area contributed by atoms with Crippen molar-refractivity contribution in [2.24, 2.45) is 11.8 Å². The lowest BCUT2D eigenvalue weighted by Gasteiger charge is -2.11. The van der Waals surface area contributed by atoms with Crippen molar-refractivity contribution in [3.8, 4) is 0 Å². The molecule has 1 fully saturated rings. The second-order valence-corrected chi connectivity index (χ2v) is 5.07. The van der Waals surface area contributed by atoms with Gasteiger partial charge in [-0.1, -0.05) is 13.3 Å². The molecule has 1 atom stereocenters. The van der Waals surface area contributed by atoms with Gasteiger partial charge in [-0.2, -0.15) is 0 Å². The molecule has 2 heterocycles. The Morgan fingerprint density at radius 2 is 2.40 bits per heavy atom. The monoisotopic (exact) mass is 278 g/mol. The smallest absolute Gasteiger partial charge is 0.251 e. The molecule has 1 aromatic heterocycles. The van der Waals surface area contributed by atoms with Gasteiger partial charge in [-0.3, -0.25) is 4.79 Å². The fraction of sp³-hybridized carbons (Fsp3) is 0.571. The number of aryl methyl sites for hydroxylation is 1. The number of pyridine rings is 1. The Morgan fingerprint density at radius 1 is 1.55 bits per heavy atom. The number of aromatic nitrogens is 1. The first kappa shape index (κ1) is 14.7. The summed E-state index contributed by atoms with van der Waals surface area (Å²) in [6.07, 6.45) is 2.81. The second kappa shape index (κ2) is 7.21. The maximum atomic E-state index is 12.2. The van der Waals surface area contributed by atoms with Crippen molar-refractivity contribution >= 4 is 11.7 Å². The van der Waals surface area contributed by atoms with Crippen LogP contribution in [0.4, 0.5) is 5.82 Å². The Labute approximate surface area is 119 Å². The quantitative estimate of drug-likeness (QED) is 0.535. The van der Waals surface area contributed by atoms with E-state index in [4.69, 9.17) is 10.6 Å². The van der Waals surface area contributed by atoms with Crippen molar-refractivity contribution in [3.05, 3.63) is 23.4 Å². The highest BCUT2D eigenvalue weighted by Gasteiger charge is 2.17. The molecule has 1 unspecified atom stereocenters. The van der Waals surface area contributed by atoms with E-state index < -0.39 is 0 Å². The summed E-state index contributed by atoms with van der Waals surface area (Å²) in [6, 6.07) is 3.49. The molecule has 0 aliphatic carbocycles. The highest BCUT2D eigenvalue weighted by atomic mass is 16.5. The van der Waals surface area contributed by atoms with Gasteiger partial charge in [0.25, 0.3) is 5.91 Å². The molecular weight excluding hydrogens is 256 g/mol. The molecule has 0 bridgehead atoms. The number of amides is 1. The van der Waals surface area contributed by atoms with Crippen molar-refractivity contribution in [1.82, 2.24) is 10.3 Å². The van der Waals surface area contributed by atoms with Gasteiger partial charge in [0.15, 0.2) is 0 Å². The summed E-state index contributed by atoms with van der Waals surface area (Å²) < 4.78 is 5.29. The first-order chi connectivity index (χ1) is 9.72. The normalized spacial score (nSPS) is 18.0. The molecule has 1 saturated heterocycles. The summed E-state index contributed by atoms with van der Waals surface area (Å²) >= 11 is 0. The zero-order chi connectivity index (χ0) is 14.4. The molecule has 1 amide bonds. The van der Waals surface area contributed by atoms with Gasteiger partial charge in [-0.15, -0.1) is 0 Å². The van der Waals surface area contributed by atoms with E-state index in [0.29, 0.717) is 23.8 Å². The van der Waals surface area contributed by atoms with E-state index in [1.807, 2.05) is 6.07 Å². The molecule has 0 aromatic carbocycles. The minimum Gasteiger partial charge on any atom is -0.381 e. The largest absolute Gasteiger partial charge is 0.381 e. The summed E-state index contributed by atoms with van der Waals surface area (Å²) in [5, 5.41) is 2.95. The molecule has 6 nitrogen and oxygen atoms in total. The van der Waals surface area contributed by atoms with Crippen molar-refractivity contribution < 1.29 is 9.53 Å². The number of nitrogens with two attached hydrogens (primary N) is 1. The minimum atomic E-state index is -0.0897. The topological polar surface area (TPSA) is 89.3 Å². The van der Waals surface area contributed by atoms with Gasteiger partial charge in [0.05, 0.1) is 6.61 Å². The number of hydrogen-bond donors (Lipinski definition) is 3. The average molecular weight is 278 g/mol. The molecule has 0 saturated carbocycles. The molecule has 0 spiro atoms. The van der Waals surface area contributed by atoms with Crippen LogP contribution in [0.3, 0.4) is 0 Å². The predicted octanol–water partition coefficient (Wildman–Crippen LogP) is 1.09. The van der Waals surface area contributed by atoms with Gasteiger partial charge in [0.2, 0.25) is 0 Å². The van der Waals surface area contributed by atoms with E-state index in [1.54, 1.807) is 6.07 Å². The number of nitrogens with zero attached hydrogens (tertiary/aromatic N) is 1. The highest BCUT2D eigenvalue weighted by molar-refractivity contribution is 5.95. The summed E-state index contributed by atoms with van der Waals surface area (Å²) in [5.41, 5.74) is 3.97. The number of hydrazine groups is 1. The van der Waals surface area contributed by atoms with Crippen LogP contribution >= 0.6 is 0 Å². The number of rotatable bonds is 6. The van der Waals surface area contributed by atoms with Gasteiger partial charge in [0.1, 0.15) is 5.82 Å². The molecule has 110 valence electrons. The summed E-state index contributed by atoms with van der Waals surface area (Å²) in [7, 11) is 0. The third-order valence-electron chi connectivity index (χ3n) is 3.37. The van der Waals surface area contributed by atoms with Crippen LogP contribution in [-0.2, 0) is 11.2 Å². The molecule has 2 rings (SSSR count). The Morgan fingerprint density at radius 3 is 3.05 bits per heavy atom. The van der Waals surface area contributed by atoms with Gasteiger partial charge < -0.3 is 15.5 Å². The van der Waals surface area contributed by atoms with E-state index in [2.05, 4.69) is 22.7 Å². The number of ether oxygens (including phenoxy) is 1. The standard InChI is InChI=1S/C14H22N4O2/c1-2-3-12-6-11(7-13(17-12)18-15)14(19)16-8-10-4-5-20-9-10/h6-7,10H,2-5,8-9,15H2,1H3,(H,16,19)(H,17,18). The molecule has 6 heteroatoms. The molecule has 1 aliphatic heterocycles. The van der Waals surface area contributed by atoms with Crippen LogP contribution in [0.5, 0.6) is 0 Å². The van der Waals surface area contributed by atoms with Crippen LogP contribution in [0.25, 0.3) is 0 Å². The van der Waals surface area contributed by atoms with Crippen LogP contribution in [0.2, 0.25) is 0 Å². The van der Waals surface area contributed by atoms with Gasteiger partial charge in [-0.05, 0) is 25.0 Å². The van der Waals surface area contributed by atoms with Crippen molar-refractivity contribution in [3.63, 3.8) is 0 Å². The number of anilines is 1. The second-order valence-electron chi connectivity index (χ2n) is 5.07. The van der Waals surface area contributed by atoms with E-state index in [1.165, 1.54) is 0 Å². The zero-order valence-corrected chi connectivity index (χ0v) is 11.8. The third kappa shape index (κ3) is 3.91. The molecule has 0 radical (unpaired) electrons. The van der Waals surface area contributed by atoms with Gasteiger partial charge in [-0.25, -0.2) is 10.8 Å². The van der Waals surface area contributed by atoms with Crippen molar-refractivity contribution in [2.45, 2.75) is 26.2 Å². The Hall–Kier alpha value is -1.66. The van der Waals surface area contributed by atoms with E-state index >= 15 is 0 Å². The Bertz CT molecular complexity index is 458. The first-order valence-corrected chi connectivity index (χ1v) is 7.06. The molecular formula is C14H22N4O2. The van der Waals surface area contributed by atoms with E-state index in [-0.39, 0.29) is 5.91 Å². The number of carbonyl (C=O) groups is 1. The van der Waals surface area contributed by atoms with Crippen LogP contribution in [-0.4, -0.2) is 30.6 Å². The maximum absolute atomic E-state index is 12.2. The molecule has 20 heavy (non-hydrogen) atoms. The average Bonchev–Trinajstić information content (AvgIpc) is 2.98. The third-order valence-corrected chi connectivity index (χ3v) is 3.37. The van der Waals surface area contributed by atoms with Crippen LogP contribution < -0.4 is 16.6 Å². The molecule has 1 aromatic rings. The van der Waals surface area contributed by atoms with E-state index in [9.17, 15) is 4.79 Å². The predicted molar refractivity (Wildman–Crippen MR) is 77.3 cm³/mol. The van der Waals surface area contributed by atoms with E-state index in [0.717, 1.165) is 38.2 Å². The zero-order valence-electron chi connectivity index (χ0n) is 11.8. The number of carbonyl (C=O) groups excluding carboxylic acids is 1.